The number of nitrogens with zero attached hydrogens (tertiary/aromatic N) is 3. The van der Waals surface area contributed by atoms with Crippen molar-refractivity contribution in [1.82, 2.24) is 20.4 Å². The van der Waals surface area contributed by atoms with Crippen molar-refractivity contribution >= 4 is 29.9 Å². The van der Waals surface area contributed by atoms with E-state index in [0.29, 0.717) is 5.92 Å². The first kappa shape index (κ1) is 23.2. The maximum atomic E-state index is 5.77. The smallest absolute Gasteiger partial charge is 0.191 e. The molecule has 1 heterocycles. The van der Waals surface area contributed by atoms with Gasteiger partial charge >= 0.3 is 0 Å². The van der Waals surface area contributed by atoms with Crippen molar-refractivity contribution in [2.24, 2.45) is 18.0 Å². The van der Waals surface area contributed by atoms with E-state index in [9.17, 15) is 0 Å². The highest BCUT2D eigenvalue weighted by Gasteiger charge is 2.12. The molecule has 0 aliphatic heterocycles. The molecule has 7 heteroatoms. The fraction of sp³-hybridized carbons (Fsp3) is 0.765. The van der Waals surface area contributed by atoms with Crippen LogP contribution in [0.2, 0.25) is 0 Å². The molecule has 0 bridgehead atoms. The van der Waals surface area contributed by atoms with Gasteiger partial charge in [-0.15, -0.1) is 24.0 Å². The summed E-state index contributed by atoms with van der Waals surface area (Å²) in [6.07, 6.45) is 6.11. The third-order valence-corrected chi connectivity index (χ3v) is 3.62. The quantitative estimate of drug-likeness (QED) is 0.326. The summed E-state index contributed by atoms with van der Waals surface area (Å²) in [6.45, 7) is 11.7. The maximum absolute atomic E-state index is 5.77. The zero-order chi connectivity index (χ0) is 17.1. The van der Waals surface area contributed by atoms with Crippen LogP contribution < -0.4 is 10.6 Å². The summed E-state index contributed by atoms with van der Waals surface area (Å²) in [5, 5.41) is 10.8. The van der Waals surface area contributed by atoms with Crippen LogP contribution in [0.1, 0.15) is 39.7 Å². The van der Waals surface area contributed by atoms with Crippen LogP contribution in [0.4, 0.5) is 0 Å². The van der Waals surface area contributed by atoms with Gasteiger partial charge in [-0.05, 0) is 38.2 Å². The Morgan fingerprint density at radius 3 is 2.62 bits per heavy atom. The van der Waals surface area contributed by atoms with Gasteiger partial charge in [-0.2, -0.15) is 5.10 Å². The van der Waals surface area contributed by atoms with Crippen LogP contribution in [0, 0.1) is 5.92 Å². The van der Waals surface area contributed by atoms with Crippen LogP contribution in [0.5, 0.6) is 0 Å². The Balaban J connectivity index is 0.00000529. The van der Waals surface area contributed by atoms with Gasteiger partial charge in [0.05, 0.1) is 12.3 Å². The standard InChI is InChI=1S/C17H33N5O.HI/c1-6-18-17(19-10-8-15-12-21-22(5)13-15)20-11-9-16(14(3)4)23-7-2;/h12-14,16H,6-11H2,1-5H3,(H2,18,19,20);1H. The van der Waals surface area contributed by atoms with Crippen LogP contribution in [0.3, 0.4) is 0 Å². The number of nitrogens with one attached hydrogen (secondary N) is 2. The summed E-state index contributed by atoms with van der Waals surface area (Å²) in [5.41, 5.74) is 1.23. The summed E-state index contributed by atoms with van der Waals surface area (Å²) in [5.74, 6) is 1.39. The van der Waals surface area contributed by atoms with E-state index in [1.54, 1.807) is 0 Å². The van der Waals surface area contributed by atoms with E-state index in [1.807, 2.05) is 31.0 Å². The molecule has 1 atom stereocenters. The molecule has 6 nitrogen and oxygen atoms in total. The van der Waals surface area contributed by atoms with Crippen molar-refractivity contribution in [1.29, 1.82) is 0 Å². The maximum Gasteiger partial charge on any atom is 0.191 e. The van der Waals surface area contributed by atoms with Crippen LogP contribution in [0.15, 0.2) is 17.4 Å². The average Bonchev–Trinajstić information content (AvgIpc) is 2.91. The lowest BCUT2D eigenvalue weighted by atomic mass is 10.0. The highest BCUT2D eigenvalue weighted by molar-refractivity contribution is 14.0. The van der Waals surface area contributed by atoms with E-state index >= 15 is 0 Å². The molecule has 24 heavy (non-hydrogen) atoms. The SMILES string of the molecule is CCNC(=NCCC(OCC)C(C)C)NCCc1cnn(C)c1.I. The topological polar surface area (TPSA) is 63.5 Å². The molecule has 1 aromatic rings. The summed E-state index contributed by atoms with van der Waals surface area (Å²) in [6, 6.07) is 0. The van der Waals surface area contributed by atoms with Gasteiger partial charge in [-0.3, -0.25) is 9.67 Å². The minimum Gasteiger partial charge on any atom is -0.378 e. The van der Waals surface area contributed by atoms with Crippen molar-refractivity contribution in [2.45, 2.75) is 46.6 Å². The first-order valence-electron chi connectivity index (χ1n) is 8.68. The van der Waals surface area contributed by atoms with E-state index in [2.05, 4.69) is 41.5 Å². The Kier molecular flexibility index (Phi) is 13.0. The second-order valence-corrected chi connectivity index (χ2v) is 5.99. The van der Waals surface area contributed by atoms with Crippen molar-refractivity contribution in [3.8, 4) is 0 Å². The Morgan fingerprint density at radius 2 is 2.08 bits per heavy atom. The van der Waals surface area contributed by atoms with Gasteiger partial charge < -0.3 is 15.4 Å². The molecule has 0 aliphatic carbocycles. The molecule has 140 valence electrons. The van der Waals surface area contributed by atoms with E-state index in [-0.39, 0.29) is 30.1 Å². The van der Waals surface area contributed by atoms with Gasteiger partial charge in [-0.1, -0.05) is 13.8 Å². The van der Waals surface area contributed by atoms with Gasteiger partial charge in [0.1, 0.15) is 0 Å². The summed E-state index contributed by atoms with van der Waals surface area (Å²) >= 11 is 0. The Hall–Kier alpha value is -0.830. The van der Waals surface area contributed by atoms with Gasteiger partial charge in [-0.25, -0.2) is 0 Å². The van der Waals surface area contributed by atoms with Crippen LogP contribution in [0.25, 0.3) is 0 Å². The van der Waals surface area contributed by atoms with Crippen molar-refractivity contribution in [2.75, 3.05) is 26.2 Å². The predicted molar refractivity (Wildman–Crippen MR) is 111 cm³/mol. The lowest BCUT2D eigenvalue weighted by Crippen LogP contribution is -2.38. The highest BCUT2D eigenvalue weighted by atomic mass is 127. The largest absolute Gasteiger partial charge is 0.378 e. The molecule has 2 N–H and O–H groups in total. The van der Waals surface area contributed by atoms with Crippen molar-refractivity contribution in [3.05, 3.63) is 18.0 Å². The molecule has 1 aromatic heterocycles. The van der Waals surface area contributed by atoms with E-state index in [4.69, 9.17) is 4.74 Å². The Bertz CT molecular complexity index is 462. The minimum absolute atomic E-state index is 0. The number of halogens is 1. The van der Waals surface area contributed by atoms with Gasteiger partial charge in [0.15, 0.2) is 5.96 Å². The molecule has 0 amide bonds. The predicted octanol–water partition coefficient (Wildman–Crippen LogP) is 2.59. The van der Waals surface area contributed by atoms with Crippen LogP contribution >= 0.6 is 24.0 Å². The molecule has 0 fully saturated rings. The molecular formula is C17H34IN5O. The fourth-order valence-corrected chi connectivity index (χ4v) is 2.39. The fourth-order valence-electron chi connectivity index (χ4n) is 2.39. The molecule has 0 spiro atoms. The first-order chi connectivity index (χ1) is 11.1. The lowest BCUT2D eigenvalue weighted by Gasteiger charge is -2.20. The number of hydrogen-bond donors (Lipinski definition) is 2. The molecule has 0 radical (unpaired) electrons. The molecule has 1 unspecified atom stereocenters. The second kappa shape index (κ2) is 13.5. The molecule has 1 rings (SSSR count). The second-order valence-electron chi connectivity index (χ2n) is 5.99. The number of guanidine groups is 1. The zero-order valence-corrected chi connectivity index (χ0v) is 18.0. The van der Waals surface area contributed by atoms with Crippen LogP contribution in [-0.4, -0.2) is 48.1 Å². The van der Waals surface area contributed by atoms with Crippen molar-refractivity contribution < 1.29 is 4.74 Å². The Labute approximate surface area is 163 Å². The third-order valence-electron chi connectivity index (χ3n) is 3.62. The summed E-state index contributed by atoms with van der Waals surface area (Å²) in [4.78, 5) is 4.65. The zero-order valence-electron chi connectivity index (χ0n) is 15.7. The molecule has 0 saturated carbocycles. The average molecular weight is 451 g/mol. The molecule has 0 aromatic carbocycles. The summed E-state index contributed by atoms with van der Waals surface area (Å²) in [7, 11) is 1.94. The van der Waals surface area contributed by atoms with Gasteiger partial charge in [0, 0.05) is 39.5 Å². The number of rotatable bonds is 10. The normalized spacial score (nSPS) is 12.8. The van der Waals surface area contributed by atoms with E-state index in [0.717, 1.165) is 45.0 Å². The summed E-state index contributed by atoms with van der Waals surface area (Å²) < 4.78 is 7.59. The highest BCUT2D eigenvalue weighted by Crippen LogP contribution is 2.10. The lowest BCUT2D eigenvalue weighted by molar-refractivity contribution is 0.0266. The Morgan fingerprint density at radius 1 is 1.33 bits per heavy atom. The number of aliphatic imine (C=N–C) groups is 1. The third kappa shape index (κ3) is 9.46. The van der Waals surface area contributed by atoms with E-state index in [1.165, 1.54) is 5.56 Å². The van der Waals surface area contributed by atoms with Gasteiger partial charge in [0.2, 0.25) is 0 Å². The minimum atomic E-state index is 0. The number of aromatic nitrogens is 2. The number of hydrogen-bond acceptors (Lipinski definition) is 3. The molecule has 0 aliphatic rings. The number of ether oxygens (including phenoxy) is 1. The first-order valence-corrected chi connectivity index (χ1v) is 8.68. The van der Waals surface area contributed by atoms with E-state index < -0.39 is 0 Å². The molecule has 0 saturated heterocycles. The van der Waals surface area contributed by atoms with Gasteiger partial charge in [0.25, 0.3) is 0 Å². The molecular weight excluding hydrogens is 417 g/mol. The number of aryl methyl sites for hydroxylation is 1. The monoisotopic (exact) mass is 451 g/mol. The van der Waals surface area contributed by atoms with Crippen LogP contribution in [-0.2, 0) is 18.2 Å². The van der Waals surface area contributed by atoms with Crippen molar-refractivity contribution in [3.63, 3.8) is 0 Å².